The van der Waals surface area contributed by atoms with Crippen LogP contribution in [0.1, 0.15) is 32.6 Å². The molecule has 29 heavy (non-hydrogen) atoms. The molecule has 0 radical (unpaired) electrons. The summed E-state index contributed by atoms with van der Waals surface area (Å²) >= 11 is 0. The highest BCUT2D eigenvalue weighted by Crippen LogP contribution is 2.25. The summed E-state index contributed by atoms with van der Waals surface area (Å²) in [7, 11) is 1.63. The van der Waals surface area contributed by atoms with Crippen molar-refractivity contribution in [2.45, 2.75) is 20.5 Å². The van der Waals surface area contributed by atoms with Crippen molar-refractivity contribution in [1.29, 1.82) is 0 Å². The maximum atomic E-state index is 12.1. The maximum Gasteiger partial charge on any atom is 0.271 e. The number of nitrogens with one attached hydrogen (secondary N) is 1. The number of carbonyl (C=O) groups is 1. The van der Waals surface area contributed by atoms with Crippen LogP contribution in [0, 0.1) is 13.8 Å². The Morgan fingerprint density at radius 1 is 1.00 bits per heavy atom. The summed E-state index contributed by atoms with van der Waals surface area (Å²) in [6, 6.07) is 20.6. The highest BCUT2D eigenvalue weighted by atomic mass is 16.5. The number of benzene rings is 3. The second-order valence-electron chi connectivity index (χ2n) is 6.62. The molecule has 0 fully saturated rings. The molecule has 0 aromatic heterocycles. The number of ether oxygens (including phenoxy) is 2. The van der Waals surface area contributed by atoms with E-state index in [-0.39, 0.29) is 5.91 Å². The number of hydrogen-bond acceptors (Lipinski definition) is 4. The van der Waals surface area contributed by atoms with Gasteiger partial charge in [0.1, 0.15) is 18.1 Å². The van der Waals surface area contributed by atoms with Gasteiger partial charge in [0.15, 0.2) is 0 Å². The van der Waals surface area contributed by atoms with E-state index in [1.165, 1.54) is 5.56 Å². The summed E-state index contributed by atoms with van der Waals surface area (Å²) in [5, 5.41) is 4.05. The van der Waals surface area contributed by atoms with Crippen LogP contribution >= 0.6 is 0 Å². The SMILES string of the molecule is COc1ccc(C=NNC(=O)c2ccccc2)cc1COc1cccc(C)c1C. The van der Waals surface area contributed by atoms with E-state index in [0.717, 1.165) is 28.2 Å². The van der Waals surface area contributed by atoms with Crippen LogP contribution < -0.4 is 14.9 Å². The monoisotopic (exact) mass is 388 g/mol. The van der Waals surface area contributed by atoms with Crippen LogP contribution in [0.15, 0.2) is 71.8 Å². The molecule has 0 unspecified atom stereocenters. The zero-order valence-corrected chi connectivity index (χ0v) is 16.8. The Hall–Kier alpha value is -3.60. The van der Waals surface area contributed by atoms with Crippen molar-refractivity contribution in [2.75, 3.05) is 7.11 Å². The third-order valence-corrected chi connectivity index (χ3v) is 4.66. The average molecular weight is 388 g/mol. The van der Waals surface area contributed by atoms with Gasteiger partial charge in [0, 0.05) is 11.1 Å². The minimum atomic E-state index is -0.256. The number of nitrogens with zero attached hydrogens (tertiary/aromatic N) is 1. The molecule has 5 nitrogen and oxygen atoms in total. The van der Waals surface area contributed by atoms with Gasteiger partial charge < -0.3 is 9.47 Å². The first-order chi connectivity index (χ1) is 14.1. The van der Waals surface area contributed by atoms with Crippen molar-refractivity contribution in [1.82, 2.24) is 5.43 Å². The predicted molar refractivity (Wildman–Crippen MR) is 115 cm³/mol. The Bertz CT molecular complexity index is 1010. The molecule has 3 aromatic carbocycles. The van der Waals surface area contributed by atoms with Crippen molar-refractivity contribution < 1.29 is 14.3 Å². The Balaban J connectivity index is 1.69. The summed E-state index contributed by atoms with van der Waals surface area (Å²) in [6.45, 7) is 4.47. The summed E-state index contributed by atoms with van der Waals surface area (Å²) in [4.78, 5) is 12.1. The van der Waals surface area contributed by atoms with E-state index in [1.54, 1.807) is 25.5 Å². The summed E-state index contributed by atoms with van der Waals surface area (Å²) in [5.74, 6) is 1.33. The molecule has 0 saturated carbocycles. The van der Waals surface area contributed by atoms with E-state index in [9.17, 15) is 4.79 Å². The minimum absolute atomic E-state index is 0.256. The van der Waals surface area contributed by atoms with E-state index in [1.807, 2.05) is 55.5 Å². The molecule has 5 heteroatoms. The summed E-state index contributed by atoms with van der Waals surface area (Å²) < 4.78 is 11.5. The van der Waals surface area contributed by atoms with Crippen LogP contribution in [0.5, 0.6) is 11.5 Å². The first kappa shape index (κ1) is 20.1. The summed E-state index contributed by atoms with van der Waals surface area (Å²) in [6.07, 6.45) is 1.60. The molecule has 0 spiro atoms. The number of rotatable bonds is 7. The lowest BCUT2D eigenvalue weighted by Crippen LogP contribution is -2.17. The molecule has 0 bridgehead atoms. The number of aryl methyl sites for hydroxylation is 1. The molecular formula is C24H24N2O3. The smallest absolute Gasteiger partial charge is 0.271 e. The predicted octanol–water partition coefficient (Wildman–Crippen LogP) is 4.65. The fourth-order valence-electron chi connectivity index (χ4n) is 2.85. The molecule has 0 atom stereocenters. The second-order valence-corrected chi connectivity index (χ2v) is 6.62. The Morgan fingerprint density at radius 3 is 2.55 bits per heavy atom. The van der Waals surface area contributed by atoms with E-state index in [2.05, 4.69) is 23.5 Å². The molecule has 0 heterocycles. The summed E-state index contributed by atoms with van der Waals surface area (Å²) in [5.41, 5.74) is 7.12. The number of hydrazone groups is 1. The lowest BCUT2D eigenvalue weighted by molar-refractivity contribution is 0.0955. The lowest BCUT2D eigenvalue weighted by atomic mass is 10.1. The fourth-order valence-corrected chi connectivity index (χ4v) is 2.85. The number of amides is 1. The van der Waals surface area contributed by atoms with Crippen molar-refractivity contribution >= 4 is 12.1 Å². The highest BCUT2D eigenvalue weighted by Gasteiger charge is 2.08. The number of carbonyl (C=O) groups excluding carboxylic acids is 1. The van der Waals surface area contributed by atoms with Crippen LogP contribution in [0.2, 0.25) is 0 Å². The van der Waals surface area contributed by atoms with Crippen LogP contribution in [0.4, 0.5) is 0 Å². The van der Waals surface area contributed by atoms with Gasteiger partial charge in [-0.15, -0.1) is 0 Å². The van der Waals surface area contributed by atoms with Gasteiger partial charge in [0.25, 0.3) is 5.91 Å². The van der Waals surface area contributed by atoms with Crippen LogP contribution in [0.3, 0.4) is 0 Å². The van der Waals surface area contributed by atoms with E-state index >= 15 is 0 Å². The first-order valence-corrected chi connectivity index (χ1v) is 9.33. The normalized spacial score (nSPS) is 10.7. The zero-order valence-electron chi connectivity index (χ0n) is 16.8. The third-order valence-electron chi connectivity index (χ3n) is 4.66. The average Bonchev–Trinajstić information content (AvgIpc) is 2.75. The molecule has 3 aromatic rings. The molecular weight excluding hydrogens is 364 g/mol. The molecule has 0 saturated heterocycles. The van der Waals surface area contributed by atoms with Crippen molar-refractivity contribution in [2.24, 2.45) is 5.10 Å². The van der Waals surface area contributed by atoms with Gasteiger partial charge >= 0.3 is 0 Å². The largest absolute Gasteiger partial charge is 0.496 e. The van der Waals surface area contributed by atoms with E-state index < -0.39 is 0 Å². The molecule has 3 rings (SSSR count). The van der Waals surface area contributed by atoms with Crippen molar-refractivity contribution in [3.05, 3.63) is 94.5 Å². The lowest BCUT2D eigenvalue weighted by Gasteiger charge is -2.13. The third kappa shape index (κ3) is 5.23. The second kappa shape index (κ2) is 9.55. The topological polar surface area (TPSA) is 59.9 Å². The Labute approximate surface area is 171 Å². The molecule has 0 aliphatic heterocycles. The number of hydrogen-bond donors (Lipinski definition) is 1. The Kier molecular flexibility index (Phi) is 6.63. The standard InChI is InChI=1S/C24H24N2O3/c1-17-8-7-11-22(18(17)2)29-16-21-14-19(12-13-23(21)28-3)15-25-26-24(27)20-9-5-4-6-10-20/h4-15H,16H2,1-3H3,(H,26,27). The van der Waals surface area contributed by atoms with Gasteiger partial charge in [-0.1, -0.05) is 30.3 Å². The molecule has 1 amide bonds. The van der Waals surface area contributed by atoms with Crippen LogP contribution in [-0.2, 0) is 6.61 Å². The van der Waals surface area contributed by atoms with E-state index in [0.29, 0.717) is 12.2 Å². The zero-order chi connectivity index (χ0) is 20.6. The Morgan fingerprint density at radius 2 is 1.79 bits per heavy atom. The molecule has 0 aliphatic carbocycles. The fraction of sp³-hybridized carbons (Fsp3) is 0.167. The van der Waals surface area contributed by atoms with Gasteiger partial charge in [0.2, 0.25) is 0 Å². The quantitative estimate of drug-likeness (QED) is 0.473. The minimum Gasteiger partial charge on any atom is -0.496 e. The van der Waals surface area contributed by atoms with Crippen molar-refractivity contribution in [3.8, 4) is 11.5 Å². The number of methoxy groups -OCH3 is 1. The van der Waals surface area contributed by atoms with Crippen molar-refractivity contribution in [3.63, 3.8) is 0 Å². The molecule has 1 N–H and O–H groups in total. The van der Waals surface area contributed by atoms with Gasteiger partial charge in [-0.05, 0) is 66.9 Å². The van der Waals surface area contributed by atoms with Crippen LogP contribution in [-0.4, -0.2) is 19.2 Å². The molecule has 148 valence electrons. The van der Waals surface area contributed by atoms with Gasteiger partial charge in [-0.3, -0.25) is 4.79 Å². The van der Waals surface area contributed by atoms with Gasteiger partial charge in [0.05, 0.1) is 13.3 Å². The maximum absolute atomic E-state index is 12.1. The van der Waals surface area contributed by atoms with E-state index in [4.69, 9.17) is 9.47 Å². The highest BCUT2D eigenvalue weighted by molar-refractivity contribution is 5.94. The van der Waals surface area contributed by atoms with Gasteiger partial charge in [-0.25, -0.2) is 5.43 Å². The van der Waals surface area contributed by atoms with Crippen LogP contribution in [0.25, 0.3) is 0 Å². The van der Waals surface area contributed by atoms with Gasteiger partial charge in [-0.2, -0.15) is 5.10 Å². The first-order valence-electron chi connectivity index (χ1n) is 9.33. The molecule has 0 aliphatic rings.